The van der Waals surface area contributed by atoms with E-state index in [1.165, 1.54) is 0 Å². The number of carbonyl (C=O) groups excluding carboxylic acids is 1. The topological polar surface area (TPSA) is 78.9 Å². The Hall–Kier alpha value is -1.08. The zero-order chi connectivity index (χ0) is 11.7. The first-order valence-electron chi connectivity index (χ1n) is 5.46. The van der Waals surface area contributed by atoms with Gasteiger partial charge in [0.05, 0.1) is 12.0 Å². The molecule has 4 nitrogen and oxygen atoms in total. The number of rotatable bonds is 7. The number of hydrogen-bond donors (Lipinski definition) is 2. The fourth-order valence-electron chi connectivity index (χ4n) is 1.40. The summed E-state index contributed by atoms with van der Waals surface area (Å²) in [7, 11) is 0. The molecule has 3 N–H and O–H groups in total. The van der Waals surface area contributed by atoms with Crippen LogP contribution >= 0.6 is 0 Å². The van der Waals surface area contributed by atoms with Crippen LogP contribution in [0.4, 0.5) is 0 Å². The molecule has 0 saturated carbocycles. The molecule has 0 bridgehead atoms. The van der Waals surface area contributed by atoms with E-state index in [1.54, 1.807) is 0 Å². The summed E-state index contributed by atoms with van der Waals surface area (Å²) in [6.07, 6.45) is 2.01. The molecule has 1 amide bonds. The van der Waals surface area contributed by atoms with Crippen LogP contribution in [0.15, 0.2) is 0 Å². The summed E-state index contributed by atoms with van der Waals surface area (Å²) in [6, 6.07) is 2.04. The lowest BCUT2D eigenvalue weighted by Crippen LogP contribution is -2.36. The van der Waals surface area contributed by atoms with Crippen LogP contribution in [-0.4, -0.2) is 19.0 Å². The molecule has 0 saturated heterocycles. The summed E-state index contributed by atoms with van der Waals surface area (Å²) in [4.78, 5) is 11.6. The summed E-state index contributed by atoms with van der Waals surface area (Å²) >= 11 is 0. The summed E-state index contributed by atoms with van der Waals surface area (Å²) in [6.45, 7) is 5.11. The van der Waals surface area contributed by atoms with E-state index in [0.717, 1.165) is 6.42 Å². The molecule has 1 unspecified atom stereocenters. The molecule has 0 fully saturated rings. The third-order valence-electron chi connectivity index (χ3n) is 2.18. The first-order chi connectivity index (χ1) is 7.11. The van der Waals surface area contributed by atoms with Crippen molar-refractivity contribution in [2.45, 2.75) is 33.1 Å². The predicted molar refractivity (Wildman–Crippen MR) is 59.9 cm³/mol. The van der Waals surface area contributed by atoms with Crippen LogP contribution in [0.5, 0.6) is 0 Å². The van der Waals surface area contributed by atoms with Crippen molar-refractivity contribution in [2.75, 3.05) is 13.1 Å². The second-order valence-electron chi connectivity index (χ2n) is 4.11. The van der Waals surface area contributed by atoms with Crippen LogP contribution in [-0.2, 0) is 4.79 Å². The molecule has 0 rings (SSSR count). The van der Waals surface area contributed by atoms with Gasteiger partial charge in [0.25, 0.3) is 0 Å². The smallest absolute Gasteiger partial charge is 0.224 e. The predicted octanol–water partition coefficient (Wildman–Crippen LogP) is 1.03. The normalized spacial score (nSPS) is 12.2. The highest BCUT2D eigenvalue weighted by Crippen LogP contribution is 2.10. The number of nitrogens with two attached hydrogens (primary N) is 1. The van der Waals surface area contributed by atoms with E-state index in [1.807, 2.05) is 6.07 Å². The number of unbranched alkanes of at least 4 members (excludes halogenated alkanes) is 1. The van der Waals surface area contributed by atoms with E-state index < -0.39 is 0 Å². The SMILES string of the molecule is CC(C)CC(CN)C(=O)NCCCC#N. The van der Waals surface area contributed by atoms with Crippen molar-refractivity contribution in [1.82, 2.24) is 5.32 Å². The van der Waals surface area contributed by atoms with Gasteiger partial charge in [0.1, 0.15) is 0 Å². The van der Waals surface area contributed by atoms with Gasteiger partial charge in [-0.2, -0.15) is 5.26 Å². The molecular formula is C11H21N3O. The maximum atomic E-state index is 11.6. The third kappa shape index (κ3) is 6.92. The highest BCUT2D eigenvalue weighted by atomic mass is 16.1. The van der Waals surface area contributed by atoms with Gasteiger partial charge in [-0.25, -0.2) is 0 Å². The van der Waals surface area contributed by atoms with E-state index in [4.69, 9.17) is 11.0 Å². The minimum Gasteiger partial charge on any atom is -0.356 e. The first-order valence-corrected chi connectivity index (χ1v) is 5.46. The lowest BCUT2D eigenvalue weighted by atomic mass is 9.96. The minimum atomic E-state index is -0.0907. The fourth-order valence-corrected chi connectivity index (χ4v) is 1.40. The van der Waals surface area contributed by atoms with Gasteiger partial charge in [-0.1, -0.05) is 13.8 Å². The van der Waals surface area contributed by atoms with E-state index in [-0.39, 0.29) is 11.8 Å². The number of amides is 1. The lowest BCUT2D eigenvalue weighted by molar-refractivity contribution is -0.125. The first kappa shape index (κ1) is 13.9. The van der Waals surface area contributed by atoms with Gasteiger partial charge in [0.2, 0.25) is 5.91 Å². The molecule has 0 aliphatic carbocycles. The minimum absolute atomic E-state index is 0.0177. The fraction of sp³-hybridized carbons (Fsp3) is 0.818. The summed E-state index contributed by atoms with van der Waals surface area (Å²) in [5.74, 6) is 0.402. The van der Waals surface area contributed by atoms with Crippen LogP contribution in [0, 0.1) is 23.2 Å². The van der Waals surface area contributed by atoms with Gasteiger partial charge in [-0.05, 0) is 18.8 Å². The largest absolute Gasteiger partial charge is 0.356 e. The maximum absolute atomic E-state index is 11.6. The third-order valence-corrected chi connectivity index (χ3v) is 2.18. The Morgan fingerprint density at radius 1 is 1.53 bits per heavy atom. The van der Waals surface area contributed by atoms with Gasteiger partial charge in [0, 0.05) is 19.5 Å². The van der Waals surface area contributed by atoms with Gasteiger partial charge in [0.15, 0.2) is 0 Å². The monoisotopic (exact) mass is 211 g/mol. The highest BCUT2D eigenvalue weighted by Gasteiger charge is 2.17. The zero-order valence-electron chi connectivity index (χ0n) is 9.62. The van der Waals surface area contributed by atoms with E-state index in [0.29, 0.717) is 31.8 Å². The molecule has 0 aliphatic heterocycles. The Morgan fingerprint density at radius 3 is 2.67 bits per heavy atom. The van der Waals surface area contributed by atoms with Gasteiger partial charge in [-0.15, -0.1) is 0 Å². The molecule has 0 aromatic heterocycles. The van der Waals surface area contributed by atoms with Crippen LogP contribution in [0.3, 0.4) is 0 Å². The summed E-state index contributed by atoms with van der Waals surface area (Å²) in [5, 5.41) is 11.1. The molecule has 1 atom stereocenters. The Labute approximate surface area is 91.8 Å². The van der Waals surface area contributed by atoms with E-state index in [2.05, 4.69) is 19.2 Å². The Kier molecular flexibility index (Phi) is 7.65. The molecule has 0 spiro atoms. The summed E-state index contributed by atoms with van der Waals surface area (Å²) < 4.78 is 0. The van der Waals surface area contributed by atoms with Crippen LogP contribution in [0.2, 0.25) is 0 Å². The molecule has 0 radical (unpaired) electrons. The average molecular weight is 211 g/mol. The molecule has 15 heavy (non-hydrogen) atoms. The molecule has 0 aromatic carbocycles. The number of nitriles is 1. The number of hydrogen-bond acceptors (Lipinski definition) is 3. The Morgan fingerprint density at radius 2 is 2.20 bits per heavy atom. The van der Waals surface area contributed by atoms with Gasteiger partial charge < -0.3 is 11.1 Å². The number of nitrogens with zero attached hydrogens (tertiary/aromatic N) is 1. The molecule has 86 valence electrons. The van der Waals surface area contributed by atoms with Crippen molar-refractivity contribution in [3.63, 3.8) is 0 Å². The van der Waals surface area contributed by atoms with Crippen molar-refractivity contribution in [3.8, 4) is 6.07 Å². The van der Waals surface area contributed by atoms with Crippen molar-refractivity contribution in [2.24, 2.45) is 17.6 Å². The van der Waals surface area contributed by atoms with Crippen molar-refractivity contribution in [1.29, 1.82) is 5.26 Å². The average Bonchev–Trinajstić information content (AvgIpc) is 2.20. The lowest BCUT2D eigenvalue weighted by Gasteiger charge is -2.16. The van der Waals surface area contributed by atoms with Crippen LogP contribution < -0.4 is 11.1 Å². The number of nitrogens with one attached hydrogen (secondary N) is 1. The van der Waals surface area contributed by atoms with Crippen molar-refractivity contribution < 1.29 is 4.79 Å². The maximum Gasteiger partial charge on any atom is 0.224 e. The van der Waals surface area contributed by atoms with Crippen molar-refractivity contribution in [3.05, 3.63) is 0 Å². The van der Waals surface area contributed by atoms with E-state index in [9.17, 15) is 4.79 Å². The van der Waals surface area contributed by atoms with Gasteiger partial charge in [-0.3, -0.25) is 4.79 Å². The molecule has 0 heterocycles. The molecule has 0 aromatic rings. The van der Waals surface area contributed by atoms with Gasteiger partial charge >= 0.3 is 0 Å². The second kappa shape index (κ2) is 8.25. The standard InChI is InChI=1S/C11H21N3O/c1-9(2)7-10(8-13)11(15)14-6-4-3-5-12/h9-10H,3-4,6-8,13H2,1-2H3,(H,14,15). The molecule has 4 heteroatoms. The molecular weight excluding hydrogens is 190 g/mol. The Bertz CT molecular complexity index is 220. The Balaban J connectivity index is 3.79. The quantitative estimate of drug-likeness (QED) is 0.617. The second-order valence-corrected chi connectivity index (χ2v) is 4.11. The van der Waals surface area contributed by atoms with Crippen LogP contribution in [0.25, 0.3) is 0 Å². The van der Waals surface area contributed by atoms with Crippen molar-refractivity contribution >= 4 is 5.91 Å². The number of carbonyl (C=O) groups is 1. The summed E-state index contributed by atoms with van der Waals surface area (Å²) in [5.41, 5.74) is 5.54. The molecule has 0 aliphatic rings. The highest BCUT2D eigenvalue weighted by molar-refractivity contribution is 5.78. The van der Waals surface area contributed by atoms with E-state index >= 15 is 0 Å². The van der Waals surface area contributed by atoms with Crippen LogP contribution in [0.1, 0.15) is 33.1 Å². The zero-order valence-corrected chi connectivity index (χ0v) is 9.62.